The van der Waals surface area contributed by atoms with E-state index in [9.17, 15) is 4.79 Å². The molecule has 0 aliphatic rings. The van der Waals surface area contributed by atoms with Crippen LogP contribution in [0.1, 0.15) is 37.7 Å². The van der Waals surface area contributed by atoms with Crippen molar-refractivity contribution in [1.29, 1.82) is 0 Å². The van der Waals surface area contributed by atoms with Gasteiger partial charge in [-0.2, -0.15) is 4.98 Å². The van der Waals surface area contributed by atoms with Crippen LogP contribution in [0.4, 0.5) is 0 Å². The Morgan fingerprint density at radius 1 is 1.00 bits per heavy atom. The molecule has 2 aromatic carbocycles. The molecule has 0 bridgehead atoms. The van der Waals surface area contributed by atoms with E-state index in [0.717, 1.165) is 42.6 Å². The highest BCUT2D eigenvalue weighted by Gasteiger charge is 2.10. The number of nitrogens with one attached hydrogen (secondary N) is 1. The second-order valence-electron chi connectivity index (χ2n) is 6.86. The van der Waals surface area contributed by atoms with Crippen molar-refractivity contribution in [2.75, 3.05) is 6.61 Å². The van der Waals surface area contributed by atoms with Crippen LogP contribution in [0.3, 0.4) is 0 Å². The second-order valence-corrected chi connectivity index (χ2v) is 6.86. The molecule has 0 fully saturated rings. The number of aryl methyl sites for hydroxylation is 1. The van der Waals surface area contributed by atoms with E-state index in [4.69, 9.17) is 14.5 Å². The fraction of sp³-hybridized carbons (Fsp3) is 0.318. The summed E-state index contributed by atoms with van der Waals surface area (Å²) in [5.41, 5.74) is 4.58. The summed E-state index contributed by atoms with van der Waals surface area (Å²) in [5.74, 6) is 1.48. The normalized spacial score (nSPS) is 10.7. The molecule has 2 N–H and O–H groups in total. The molecule has 1 amide bonds. The molecule has 0 saturated carbocycles. The molecular weight excluding hydrogens is 370 g/mol. The largest absolute Gasteiger partial charge is 0.494 e. The molecule has 1 heterocycles. The molecule has 0 aliphatic heterocycles. The summed E-state index contributed by atoms with van der Waals surface area (Å²) in [7, 11) is 0. The Kier molecular flexibility index (Phi) is 7.35. The molecule has 0 spiro atoms. The average Bonchev–Trinajstić information content (AvgIpc) is 3.24. The van der Waals surface area contributed by atoms with Crippen molar-refractivity contribution in [3.8, 4) is 28.6 Å². The average molecular weight is 395 g/mol. The molecule has 0 aliphatic carbocycles. The van der Waals surface area contributed by atoms with E-state index in [1.807, 2.05) is 55.5 Å². The first-order valence-electron chi connectivity index (χ1n) is 9.72. The number of hydroxylamine groups is 1. The number of carbonyl (C=O) groups is 1. The number of aromatic nitrogens is 2. The third-order valence-corrected chi connectivity index (χ3v) is 4.53. The summed E-state index contributed by atoms with van der Waals surface area (Å²) in [6, 6.07) is 15.6. The molecule has 0 atom stereocenters. The van der Waals surface area contributed by atoms with Gasteiger partial charge < -0.3 is 9.26 Å². The molecule has 1 aromatic heterocycles. The van der Waals surface area contributed by atoms with Gasteiger partial charge in [0.2, 0.25) is 11.7 Å². The summed E-state index contributed by atoms with van der Waals surface area (Å²) in [6.07, 6.45) is 3.92. The van der Waals surface area contributed by atoms with Crippen molar-refractivity contribution in [3.05, 3.63) is 54.1 Å². The molecule has 0 saturated heterocycles. The van der Waals surface area contributed by atoms with E-state index in [0.29, 0.717) is 24.7 Å². The van der Waals surface area contributed by atoms with Gasteiger partial charge in [0, 0.05) is 17.5 Å². The van der Waals surface area contributed by atoms with Gasteiger partial charge in [0.15, 0.2) is 0 Å². The maximum absolute atomic E-state index is 10.9. The lowest BCUT2D eigenvalue weighted by Crippen LogP contribution is -2.17. The van der Waals surface area contributed by atoms with E-state index >= 15 is 0 Å². The molecule has 3 rings (SSSR count). The van der Waals surface area contributed by atoms with Crippen LogP contribution in [-0.2, 0) is 4.79 Å². The number of carbonyl (C=O) groups excluding carboxylic acids is 1. The Labute approximate surface area is 169 Å². The van der Waals surface area contributed by atoms with Crippen LogP contribution in [0.5, 0.6) is 5.75 Å². The zero-order valence-electron chi connectivity index (χ0n) is 16.4. The number of rotatable bonds is 10. The molecule has 7 nitrogen and oxygen atoms in total. The van der Waals surface area contributed by atoms with Gasteiger partial charge in [-0.3, -0.25) is 10.0 Å². The second kappa shape index (κ2) is 10.4. The molecule has 29 heavy (non-hydrogen) atoms. The van der Waals surface area contributed by atoms with Crippen LogP contribution in [0.25, 0.3) is 22.8 Å². The lowest BCUT2D eigenvalue weighted by atomic mass is 10.1. The smallest absolute Gasteiger partial charge is 0.258 e. The fourth-order valence-corrected chi connectivity index (χ4v) is 2.84. The Morgan fingerprint density at radius 2 is 1.69 bits per heavy atom. The Morgan fingerprint density at radius 3 is 2.41 bits per heavy atom. The number of benzene rings is 2. The third-order valence-electron chi connectivity index (χ3n) is 4.53. The minimum Gasteiger partial charge on any atom is -0.494 e. The maximum Gasteiger partial charge on any atom is 0.258 e. The third kappa shape index (κ3) is 6.15. The van der Waals surface area contributed by atoms with Crippen LogP contribution >= 0.6 is 0 Å². The number of unbranched alkanes of at least 4 members (excludes halogenated alkanes) is 3. The van der Waals surface area contributed by atoms with E-state index < -0.39 is 0 Å². The summed E-state index contributed by atoms with van der Waals surface area (Å²) >= 11 is 0. The van der Waals surface area contributed by atoms with Gasteiger partial charge in [-0.1, -0.05) is 47.8 Å². The van der Waals surface area contributed by atoms with E-state index in [-0.39, 0.29) is 5.91 Å². The molecule has 0 unspecified atom stereocenters. The first kappa shape index (κ1) is 20.5. The Hall–Kier alpha value is -3.19. The molecule has 152 valence electrons. The highest BCUT2D eigenvalue weighted by atomic mass is 16.5. The summed E-state index contributed by atoms with van der Waals surface area (Å²) < 4.78 is 11.1. The van der Waals surface area contributed by atoms with Crippen LogP contribution in [-0.4, -0.2) is 27.9 Å². The highest BCUT2D eigenvalue weighted by molar-refractivity contribution is 5.74. The van der Waals surface area contributed by atoms with Crippen molar-refractivity contribution in [2.24, 2.45) is 0 Å². The number of hydrogen-bond donors (Lipinski definition) is 2. The summed E-state index contributed by atoms with van der Waals surface area (Å²) in [6.45, 7) is 2.65. The standard InChI is InChI=1S/C22H25N3O4/c1-16-7-9-17(10-8-16)21-23-22(29-25-21)18-11-13-19(14-12-18)28-15-5-3-2-4-6-20(26)24-27/h7-14,27H,2-6,15H2,1H3,(H,24,26). The van der Waals surface area contributed by atoms with Crippen molar-refractivity contribution < 1.29 is 19.3 Å². The predicted molar refractivity (Wildman–Crippen MR) is 108 cm³/mol. The van der Waals surface area contributed by atoms with Crippen LogP contribution < -0.4 is 10.2 Å². The van der Waals surface area contributed by atoms with Gasteiger partial charge in [0.25, 0.3) is 5.89 Å². The van der Waals surface area contributed by atoms with Crippen molar-refractivity contribution in [2.45, 2.75) is 39.0 Å². The maximum atomic E-state index is 10.9. The Bertz CT molecular complexity index is 905. The van der Waals surface area contributed by atoms with Gasteiger partial charge in [0.05, 0.1) is 6.61 Å². The number of hydrogen-bond acceptors (Lipinski definition) is 6. The van der Waals surface area contributed by atoms with Gasteiger partial charge in [-0.25, -0.2) is 5.48 Å². The van der Waals surface area contributed by atoms with Gasteiger partial charge in [-0.05, 0) is 44.0 Å². The lowest BCUT2D eigenvalue weighted by molar-refractivity contribution is -0.129. The van der Waals surface area contributed by atoms with Gasteiger partial charge in [-0.15, -0.1) is 0 Å². The molecule has 0 radical (unpaired) electrons. The van der Waals surface area contributed by atoms with Gasteiger partial charge >= 0.3 is 0 Å². The van der Waals surface area contributed by atoms with Gasteiger partial charge in [0.1, 0.15) is 5.75 Å². The molecular formula is C22H25N3O4. The number of ether oxygens (including phenoxy) is 1. The first-order chi connectivity index (χ1) is 14.2. The van der Waals surface area contributed by atoms with Crippen molar-refractivity contribution in [1.82, 2.24) is 15.6 Å². The zero-order valence-corrected chi connectivity index (χ0v) is 16.4. The molecule has 7 heteroatoms. The van der Waals surface area contributed by atoms with Crippen LogP contribution in [0.15, 0.2) is 53.1 Å². The van der Waals surface area contributed by atoms with E-state index in [1.54, 1.807) is 5.48 Å². The zero-order chi connectivity index (χ0) is 20.5. The predicted octanol–water partition coefficient (Wildman–Crippen LogP) is 4.55. The summed E-state index contributed by atoms with van der Waals surface area (Å²) in [4.78, 5) is 15.4. The highest BCUT2D eigenvalue weighted by Crippen LogP contribution is 2.24. The monoisotopic (exact) mass is 395 g/mol. The number of amides is 1. The molecule has 3 aromatic rings. The number of nitrogens with zero attached hydrogens (tertiary/aromatic N) is 2. The minimum absolute atomic E-state index is 0.339. The van der Waals surface area contributed by atoms with Crippen LogP contribution in [0, 0.1) is 6.92 Å². The lowest BCUT2D eigenvalue weighted by Gasteiger charge is -2.06. The topological polar surface area (TPSA) is 97.5 Å². The van der Waals surface area contributed by atoms with Crippen molar-refractivity contribution in [3.63, 3.8) is 0 Å². The first-order valence-corrected chi connectivity index (χ1v) is 9.72. The quantitative estimate of drug-likeness (QED) is 0.297. The Balaban J connectivity index is 1.44. The SMILES string of the molecule is Cc1ccc(-c2noc(-c3ccc(OCCCCCCC(=O)NO)cc3)n2)cc1. The summed E-state index contributed by atoms with van der Waals surface area (Å²) in [5, 5.41) is 12.5. The minimum atomic E-state index is -0.339. The van der Waals surface area contributed by atoms with E-state index in [2.05, 4.69) is 10.1 Å². The fourth-order valence-electron chi connectivity index (χ4n) is 2.84. The van der Waals surface area contributed by atoms with Crippen LogP contribution in [0.2, 0.25) is 0 Å². The van der Waals surface area contributed by atoms with E-state index in [1.165, 1.54) is 5.56 Å². The van der Waals surface area contributed by atoms with Crippen molar-refractivity contribution >= 4 is 5.91 Å².